The number of ether oxygens (including phenoxy) is 1. The van der Waals surface area contributed by atoms with Crippen LogP contribution in [0.5, 0.6) is 0 Å². The zero-order valence-corrected chi connectivity index (χ0v) is 23.4. The number of hydrogen-bond acceptors (Lipinski definition) is 5. The summed E-state index contributed by atoms with van der Waals surface area (Å²) in [5, 5.41) is 4.44. The molecule has 1 saturated carbocycles. The summed E-state index contributed by atoms with van der Waals surface area (Å²) in [6.45, 7) is 4.13. The number of methoxy groups -OCH3 is 1. The highest BCUT2D eigenvalue weighted by atomic mass is 35.5. The molecule has 2 aliphatic heterocycles. The quantitative estimate of drug-likeness (QED) is 0.560. The highest BCUT2D eigenvalue weighted by Gasteiger charge is 2.43. The number of nitrogens with one attached hydrogen (secondary N) is 1. The van der Waals surface area contributed by atoms with E-state index in [0.29, 0.717) is 35.1 Å². The number of halogens is 2. The summed E-state index contributed by atoms with van der Waals surface area (Å²) >= 11 is 12.1. The van der Waals surface area contributed by atoms with E-state index in [-0.39, 0.29) is 36.2 Å². The van der Waals surface area contributed by atoms with E-state index in [9.17, 15) is 14.4 Å². The maximum absolute atomic E-state index is 13.5. The maximum atomic E-state index is 13.5. The van der Waals surface area contributed by atoms with Gasteiger partial charge in [0, 0.05) is 39.8 Å². The largest absolute Gasteiger partial charge is 0.372 e. The fraction of sp³-hybridized carbons (Fsp3) is 0.667. The number of rotatable bonds is 7. The van der Waals surface area contributed by atoms with Crippen LogP contribution < -0.4 is 5.32 Å². The second-order valence-electron chi connectivity index (χ2n) is 10.7. The van der Waals surface area contributed by atoms with E-state index in [1.165, 1.54) is 0 Å². The molecule has 3 unspecified atom stereocenters. The molecule has 3 amide bonds. The first kappa shape index (κ1) is 28.1. The van der Waals surface area contributed by atoms with Gasteiger partial charge in [-0.3, -0.25) is 19.7 Å². The lowest BCUT2D eigenvalue weighted by atomic mass is 9.69. The van der Waals surface area contributed by atoms with E-state index in [0.717, 1.165) is 50.8 Å². The summed E-state index contributed by atoms with van der Waals surface area (Å²) in [6.07, 6.45) is 4.43. The van der Waals surface area contributed by atoms with E-state index in [2.05, 4.69) is 5.32 Å². The van der Waals surface area contributed by atoms with Crippen LogP contribution in [-0.2, 0) is 25.7 Å². The number of amides is 3. The zero-order chi connectivity index (χ0) is 26.7. The molecule has 0 radical (unpaired) electrons. The smallest absolute Gasteiger partial charge is 0.251 e. The van der Waals surface area contributed by atoms with Crippen LogP contribution in [0.3, 0.4) is 0 Å². The van der Waals surface area contributed by atoms with Gasteiger partial charge in [0.2, 0.25) is 11.8 Å². The second kappa shape index (κ2) is 12.3. The van der Waals surface area contributed by atoms with Crippen LogP contribution in [-0.4, -0.2) is 85.0 Å². The molecule has 0 spiro atoms. The van der Waals surface area contributed by atoms with Gasteiger partial charge in [-0.05, 0) is 68.6 Å². The second-order valence-corrected chi connectivity index (χ2v) is 11.5. The van der Waals surface area contributed by atoms with Gasteiger partial charge < -0.3 is 19.4 Å². The summed E-state index contributed by atoms with van der Waals surface area (Å²) in [5.74, 6) is 0.900. The topological polar surface area (TPSA) is 82.2 Å². The highest BCUT2D eigenvalue weighted by Crippen LogP contribution is 2.40. The Balaban J connectivity index is 1.29. The summed E-state index contributed by atoms with van der Waals surface area (Å²) in [6, 6.07) is 5.49. The van der Waals surface area contributed by atoms with Crippen LogP contribution in [0.4, 0.5) is 0 Å². The molecule has 0 aromatic heterocycles. The monoisotopic (exact) mass is 552 g/mol. The van der Waals surface area contributed by atoms with Gasteiger partial charge in [-0.2, -0.15) is 0 Å². The standard InChI is InChI=1S/C27H38Cl2N4O4/c1-17(37-3)26(35)32-10-8-19(9-11-32)20-5-7-24-21(13-20)27(36)33(16-30-24)15-25(34)31(2)14-18-4-6-22(28)23(29)12-18/h4,6,12,17,19-21,24,30H,5,7-11,13-16H2,1-3H3/t17-,20?,21?,24?/m0/s1. The molecule has 1 aliphatic carbocycles. The SMILES string of the molecule is CO[C@@H](C)C(=O)N1CCC(C2CCC3NCN(CC(=O)N(C)Cc4ccc(Cl)c(Cl)c4)C(=O)C3C2)CC1. The molecule has 1 aromatic carbocycles. The van der Waals surface area contributed by atoms with Gasteiger partial charge in [0.1, 0.15) is 12.6 Å². The van der Waals surface area contributed by atoms with Crippen molar-refractivity contribution >= 4 is 40.9 Å². The van der Waals surface area contributed by atoms with Crippen molar-refractivity contribution in [1.82, 2.24) is 20.0 Å². The molecule has 2 heterocycles. The first-order chi connectivity index (χ1) is 17.7. The average molecular weight is 554 g/mol. The predicted octanol–water partition coefficient (Wildman–Crippen LogP) is 3.40. The Labute approximate surface area is 229 Å². The Bertz CT molecular complexity index is 1000. The Kier molecular flexibility index (Phi) is 9.38. The minimum Gasteiger partial charge on any atom is -0.372 e. The summed E-state index contributed by atoms with van der Waals surface area (Å²) < 4.78 is 5.19. The van der Waals surface area contributed by atoms with E-state index in [1.54, 1.807) is 43.0 Å². The van der Waals surface area contributed by atoms with Gasteiger partial charge in [-0.1, -0.05) is 29.3 Å². The molecule has 1 N–H and O–H groups in total. The van der Waals surface area contributed by atoms with Crippen molar-refractivity contribution in [2.24, 2.45) is 17.8 Å². The molecule has 204 valence electrons. The number of fused-ring (bicyclic) bond motifs is 1. The Morgan fingerprint density at radius 3 is 2.54 bits per heavy atom. The molecule has 0 bridgehead atoms. The summed E-state index contributed by atoms with van der Waals surface area (Å²) in [4.78, 5) is 44.0. The molecule has 3 aliphatic rings. The molecular weight excluding hydrogens is 515 g/mol. The number of carbonyl (C=O) groups excluding carboxylic acids is 3. The van der Waals surface area contributed by atoms with Crippen molar-refractivity contribution in [1.29, 1.82) is 0 Å². The minimum atomic E-state index is -0.408. The van der Waals surface area contributed by atoms with Crippen LogP contribution in [0.25, 0.3) is 0 Å². The maximum Gasteiger partial charge on any atom is 0.251 e. The van der Waals surface area contributed by atoms with Crippen molar-refractivity contribution in [3.05, 3.63) is 33.8 Å². The van der Waals surface area contributed by atoms with E-state index in [1.807, 2.05) is 11.0 Å². The van der Waals surface area contributed by atoms with E-state index >= 15 is 0 Å². The third-order valence-corrected chi connectivity index (χ3v) is 9.18. The lowest BCUT2D eigenvalue weighted by Crippen LogP contribution is -2.60. The Morgan fingerprint density at radius 1 is 1.14 bits per heavy atom. The minimum absolute atomic E-state index is 0.0513. The van der Waals surface area contributed by atoms with Crippen molar-refractivity contribution in [3.8, 4) is 0 Å². The van der Waals surface area contributed by atoms with Crippen molar-refractivity contribution in [2.75, 3.05) is 40.5 Å². The van der Waals surface area contributed by atoms with Gasteiger partial charge in [-0.25, -0.2) is 0 Å². The summed E-state index contributed by atoms with van der Waals surface area (Å²) in [7, 11) is 3.30. The molecule has 37 heavy (non-hydrogen) atoms. The predicted molar refractivity (Wildman–Crippen MR) is 143 cm³/mol. The lowest BCUT2D eigenvalue weighted by Gasteiger charge is -2.46. The van der Waals surface area contributed by atoms with Gasteiger partial charge in [0.25, 0.3) is 5.91 Å². The Hall–Kier alpha value is -1.87. The van der Waals surface area contributed by atoms with Crippen molar-refractivity contribution in [3.63, 3.8) is 0 Å². The lowest BCUT2D eigenvalue weighted by molar-refractivity contribution is -0.149. The number of likely N-dealkylation sites (N-methyl/N-ethyl adjacent to an activating group) is 1. The van der Waals surface area contributed by atoms with Gasteiger partial charge in [0.05, 0.1) is 22.6 Å². The zero-order valence-electron chi connectivity index (χ0n) is 21.9. The number of piperidine rings is 1. The van der Waals surface area contributed by atoms with Crippen LogP contribution in [0, 0.1) is 17.8 Å². The molecule has 4 rings (SSSR count). The number of benzene rings is 1. The fourth-order valence-corrected chi connectivity index (χ4v) is 6.38. The molecule has 8 nitrogen and oxygen atoms in total. The van der Waals surface area contributed by atoms with Crippen LogP contribution in [0.1, 0.15) is 44.6 Å². The molecular formula is C27H38Cl2N4O4. The number of nitrogens with zero attached hydrogens (tertiary/aromatic N) is 3. The molecule has 4 atom stereocenters. The van der Waals surface area contributed by atoms with Crippen molar-refractivity contribution in [2.45, 2.75) is 57.7 Å². The van der Waals surface area contributed by atoms with Crippen LogP contribution >= 0.6 is 23.2 Å². The molecule has 2 saturated heterocycles. The first-order valence-corrected chi connectivity index (χ1v) is 13.9. The third-order valence-electron chi connectivity index (χ3n) is 8.44. The fourth-order valence-electron chi connectivity index (χ4n) is 6.06. The number of likely N-dealkylation sites (tertiary alicyclic amines) is 1. The van der Waals surface area contributed by atoms with Crippen LogP contribution in [0.2, 0.25) is 10.0 Å². The number of carbonyl (C=O) groups is 3. The number of hydrogen-bond donors (Lipinski definition) is 1. The molecule has 10 heteroatoms. The van der Waals surface area contributed by atoms with Gasteiger partial charge in [0.15, 0.2) is 0 Å². The van der Waals surface area contributed by atoms with Gasteiger partial charge in [-0.15, -0.1) is 0 Å². The molecule has 1 aromatic rings. The third kappa shape index (κ3) is 6.59. The van der Waals surface area contributed by atoms with E-state index in [4.69, 9.17) is 27.9 Å². The first-order valence-electron chi connectivity index (χ1n) is 13.2. The van der Waals surface area contributed by atoms with Crippen molar-refractivity contribution < 1.29 is 19.1 Å². The van der Waals surface area contributed by atoms with Gasteiger partial charge >= 0.3 is 0 Å². The Morgan fingerprint density at radius 2 is 1.86 bits per heavy atom. The average Bonchev–Trinajstić information content (AvgIpc) is 2.91. The van der Waals surface area contributed by atoms with E-state index < -0.39 is 6.10 Å². The van der Waals surface area contributed by atoms with Crippen LogP contribution in [0.15, 0.2) is 18.2 Å². The highest BCUT2D eigenvalue weighted by molar-refractivity contribution is 6.42. The molecule has 3 fully saturated rings. The normalized spacial score (nSPS) is 25.5. The summed E-state index contributed by atoms with van der Waals surface area (Å²) in [5.41, 5.74) is 0.882.